The van der Waals surface area contributed by atoms with Crippen LogP contribution in [0.25, 0.3) is 0 Å². The first-order chi connectivity index (χ1) is 35.5. The lowest BCUT2D eigenvalue weighted by Crippen LogP contribution is -2.30. The molecule has 0 N–H and O–H groups in total. The molecule has 0 aliphatic carbocycles. The van der Waals surface area contributed by atoms with Crippen LogP contribution in [0.3, 0.4) is 0 Å². The molecule has 0 fully saturated rings. The minimum Gasteiger partial charge on any atom is -0.462 e. The van der Waals surface area contributed by atoms with Gasteiger partial charge in [-0.15, -0.1) is 0 Å². The summed E-state index contributed by atoms with van der Waals surface area (Å²) in [5.74, 6) is -0.900. The van der Waals surface area contributed by atoms with E-state index in [4.69, 9.17) is 14.2 Å². The molecule has 1 unspecified atom stereocenters. The van der Waals surface area contributed by atoms with Crippen LogP contribution in [-0.2, 0) is 28.6 Å². The van der Waals surface area contributed by atoms with Gasteiger partial charge in [-0.1, -0.05) is 254 Å². The van der Waals surface area contributed by atoms with Crippen LogP contribution in [0.4, 0.5) is 0 Å². The molecule has 0 rings (SSSR count). The molecular formula is C66H116O6. The molecule has 0 aromatic heterocycles. The summed E-state index contributed by atoms with van der Waals surface area (Å²) in [4.78, 5) is 38.2. The van der Waals surface area contributed by atoms with Crippen LogP contribution < -0.4 is 0 Å². The molecule has 6 heteroatoms. The van der Waals surface area contributed by atoms with Gasteiger partial charge in [0.2, 0.25) is 0 Å². The fourth-order valence-electron chi connectivity index (χ4n) is 8.78. The first-order valence-electron chi connectivity index (χ1n) is 30.9. The van der Waals surface area contributed by atoms with E-state index in [1.54, 1.807) is 0 Å². The molecule has 0 heterocycles. The summed E-state index contributed by atoms with van der Waals surface area (Å²) < 4.78 is 16.9. The zero-order chi connectivity index (χ0) is 52.2. The molecule has 416 valence electrons. The summed E-state index contributed by atoms with van der Waals surface area (Å²) in [6.45, 7) is 6.51. The third kappa shape index (κ3) is 57.7. The van der Waals surface area contributed by atoms with Gasteiger partial charge in [0, 0.05) is 19.3 Å². The topological polar surface area (TPSA) is 78.9 Å². The standard InChI is InChI=1S/C66H116O6/c1-4-7-10-13-16-19-22-25-28-29-30-31-32-33-34-35-36-37-39-41-44-47-50-53-56-59-65(68)71-62-63(61-70-64(67)58-55-52-49-46-43-40-27-24-21-18-15-12-9-6-3)72-66(69)60-57-54-51-48-45-42-38-26-23-20-17-14-11-8-5-2/h8,11,17,20,22,24-27,29-30,38,63H,4-7,9-10,12-16,18-19,21,23,28,31-37,39-62H2,1-3H3/b11-8-,20-17-,25-22-,27-24-,30-29-,38-26-. The Balaban J connectivity index is 4.29. The summed E-state index contributed by atoms with van der Waals surface area (Å²) in [5.41, 5.74) is 0. The van der Waals surface area contributed by atoms with Crippen molar-refractivity contribution in [1.29, 1.82) is 0 Å². The van der Waals surface area contributed by atoms with Gasteiger partial charge in [-0.05, 0) is 109 Å². The summed E-state index contributed by atoms with van der Waals surface area (Å²) in [7, 11) is 0. The van der Waals surface area contributed by atoms with E-state index in [-0.39, 0.29) is 31.1 Å². The average molecular weight is 1010 g/mol. The van der Waals surface area contributed by atoms with E-state index in [1.807, 2.05) is 0 Å². The molecule has 0 aromatic rings. The highest BCUT2D eigenvalue weighted by Crippen LogP contribution is 2.16. The lowest BCUT2D eigenvalue weighted by Gasteiger charge is -2.18. The molecular weight excluding hydrogens is 889 g/mol. The molecule has 72 heavy (non-hydrogen) atoms. The zero-order valence-electron chi connectivity index (χ0n) is 47.7. The van der Waals surface area contributed by atoms with E-state index in [1.165, 1.54) is 161 Å². The van der Waals surface area contributed by atoms with Crippen LogP contribution in [-0.4, -0.2) is 37.2 Å². The average Bonchev–Trinajstić information content (AvgIpc) is 3.38. The van der Waals surface area contributed by atoms with Crippen molar-refractivity contribution in [2.75, 3.05) is 13.2 Å². The fourth-order valence-corrected chi connectivity index (χ4v) is 8.78. The van der Waals surface area contributed by atoms with Gasteiger partial charge < -0.3 is 14.2 Å². The lowest BCUT2D eigenvalue weighted by atomic mass is 10.0. The molecule has 0 amide bonds. The Morgan fingerprint density at radius 3 is 0.861 bits per heavy atom. The largest absolute Gasteiger partial charge is 0.462 e. The van der Waals surface area contributed by atoms with Gasteiger partial charge in [0.15, 0.2) is 6.10 Å². The maximum atomic E-state index is 12.9. The van der Waals surface area contributed by atoms with Crippen molar-refractivity contribution in [3.63, 3.8) is 0 Å². The SMILES string of the molecule is CC/C=C\C/C=C\C/C=C\CCCCCCCC(=O)OC(COC(=O)CCCCCCC/C=C\CCCCCCC)COC(=O)CCCCCCCCCCCCCCC/C=C\C/C=C\CCCCCCC. The number of carbonyl (C=O) groups excluding carboxylic acids is 3. The highest BCUT2D eigenvalue weighted by molar-refractivity contribution is 5.71. The van der Waals surface area contributed by atoms with Crippen LogP contribution in [0, 0.1) is 0 Å². The van der Waals surface area contributed by atoms with Gasteiger partial charge >= 0.3 is 17.9 Å². The minimum atomic E-state index is -0.788. The predicted molar refractivity (Wildman–Crippen MR) is 311 cm³/mol. The van der Waals surface area contributed by atoms with Crippen molar-refractivity contribution in [3.8, 4) is 0 Å². The van der Waals surface area contributed by atoms with Crippen molar-refractivity contribution in [2.24, 2.45) is 0 Å². The monoisotopic (exact) mass is 1000 g/mol. The summed E-state index contributed by atoms with van der Waals surface area (Å²) in [6.07, 6.45) is 77.6. The molecule has 0 aromatic carbocycles. The minimum absolute atomic E-state index is 0.0842. The molecule has 0 radical (unpaired) electrons. The van der Waals surface area contributed by atoms with Crippen molar-refractivity contribution in [3.05, 3.63) is 72.9 Å². The van der Waals surface area contributed by atoms with Gasteiger partial charge in [-0.25, -0.2) is 0 Å². The number of carbonyl (C=O) groups is 3. The molecule has 0 saturated carbocycles. The van der Waals surface area contributed by atoms with E-state index in [9.17, 15) is 14.4 Å². The maximum Gasteiger partial charge on any atom is 0.306 e. The van der Waals surface area contributed by atoms with Gasteiger partial charge in [-0.3, -0.25) is 14.4 Å². The third-order valence-corrected chi connectivity index (χ3v) is 13.4. The summed E-state index contributed by atoms with van der Waals surface area (Å²) >= 11 is 0. The van der Waals surface area contributed by atoms with Crippen LogP contribution in [0.1, 0.15) is 310 Å². The molecule has 1 atom stereocenters. The van der Waals surface area contributed by atoms with Gasteiger partial charge in [0.1, 0.15) is 13.2 Å². The van der Waals surface area contributed by atoms with Gasteiger partial charge in [0.25, 0.3) is 0 Å². The number of hydrogen-bond acceptors (Lipinski definition) is 6. The highest BCUT2D eigenvalue weighted by Gasteiger charge is 2.19. The van der Waals surface area contributed by atoms with Crippen LogP contribution in [0.5, 0.6) is 0 Å². The smallest absolute Gasteiger partial charge is 0.306 e. The fraction of sp³-hybridized carbons (Fsp3) is 0.773. The molecule has 0 bridgehead atoms. The normalized spacial score (nSPS) is 12.5. The first kappa shape index (κ1) is 68.8. The van der Waals surface area contributed by atoms with E-state index in [0.717, 1.165) is 109 Å². The summed E-state index contributed by atoms with van der Waals surface area (Å²) in [6, 6.07) is 0. The van der Waals surface area contributed by atoms with Crippen LogP contribution in [0.2, 0.25) is 0 Å². The Hall–Kier alpha value is -3.15. The Labute approximate surface area is 446 Å². The molecule has 0 saturated heterocycles. The summed E-state index contributed by atoms with van der Waals surface area (Å²) in [5, 5.41) is 0. The Morgan fingerprint density at radius 2 is 0.542 bits per heavy atom. The molecule has 0 aliphatic rings. The second-order valence-electron chi connectivity index (χ2n) is 20.6. The third-order valence-electron chi connectivity index (χ3n) is 13.4. The number of unbranched alkanes of at least 4 members (excludes halogenated alkanes) is 33. The van der Waals surface area contributed by atoms with E-state index >= 15 is 0 Å². The molecule has 6 nitrogen and oxygen atoms in total. The van der Waals surface area contributed by atoms with E-state index in [2.05, 4.69) is 93.7 Å². The number of allylic oxidation sites excluding steroid dienone is 12. The number of esters is 3. The van der Waals surface area contributed by atoms with E-state index in [0.29, 0.717) is 19.3 Å². The lowest BCUT2D eigenvalue weighted by molar-refractivity contribution is -0.167. The van der Waals surface area contributed by atoms with Crippen molar-refractivity contribution < 1.29 is 28.6 Å². The Kier molecular flexibility index (Phi) is 57.8. The Morgan fingerprint density at radius 1 is 0.292 bits per heavy atom. The number of hydrogen-bond donors (Lipinski definition) is 0. The maximum absolute atomic E-state index is 12.9. The van der Waals surface area contributed by atoms with Gasteiger partial charge in [0.05, 0.1) is 0 Å². The first-order valence-corrected chi connectivity index (χ1v) is 30.9. The molecule has 0 aliphatic heterocycles. The van der Waals surface area contributed by atoms with Crippen LogP contribution in [0.15, 0.2) is 72.9 Å². The zero-order valence-corrected chi connectivity index (χ0v) is 47.7. The highest BCUT2D eigenvalue weighted by atomic mass is 16.6. The number of rotatable bonds is 56. The van der Waals surface area contributed by atoms with Crippen molar-refractivity contribution in [1.82, 2.24) is 0 Å². The Bertz CT molecular complexity index is 1340. The van der Waals surface area contributed by atoms with Crippen LogP contribution >= 0.6 is 0 Å². The van der Waals surface area contributed by atoms with E-state index < -0.39 is 6.10 Å². The second-order valence-corrected chi connectivity index (χ2v) is 20.6. The predicted octanol–water partition coefficient (Wildman–Crippen LogP) is 20.9. The van der Waals surface area contributed by atoms with Gasteiger partial charge in [-0.2, -0.15) is 0 Å². The quantitative estimate of drug-likeness (QED) is 0.0261. The second kappa shape index (κ2) is 60.4. The number of ether oxygens (including phenoxy) is 3. The van der Waals surface area contributed by atoms with Crippen molar-refractivity contribution in [2.45, 2.75) is 316 Å². The molecule has 0 spiro atoms. The van der Waals surface area contributed by atoms with Crippen molar-refractivity contribution >= 4 is 17.9 Å².